The number of hydrogen-bond acceptors (Lipinski definition) is 3. The summed E-state index contributed by atoms with van der Waals surface area (Å²) < 4.78 is 0.962. The van der Waals surface area contributed by atoms with Gasteiger partial charge in [-0.25, -0.2) is 0 Å². The van der Waals surface area contributed by atoms with Crippen LogP contribution in [0.25, 0.3) is 0 Å². The summed E-state index contributed by atoms with van der Waals surface area (Å²) in [6.45, 7) is 1.83. The molecule has 0 spiro atoms. The Bertz CT molecular complexity index is 703. The Morgan fingerprint density at radius 1 is 1.15 bits per heavy atom. The van der Waals surface area contributed by atoms with Crippen LogP contribution in [0.5, 0.6) is 0 Å². The molecule has 1 heterocycles. The number of nitrogen functional groups attached to an aromatic ring is 1. The maximum absolute atomic E-state index is 8.93. The van der Waals surface area contributed by atoms with Gasteiger partial charge in [-0.1, -0.05) is 6.07 Å². The first-order valence-corrected chi connectivity index (χ1v) is 7.28. The van der Waals surface area contributed by atoms with Crippen LogP contribution in [0.15, 0.2) is 40.9 Å². The van der Waals surface area contributed by atoms with Crippen molar-refractivity contribution < 1.29 is 0 Å². The van der Waals surface area contributed by atoms with E-state index in [1.54, 1.807) is 0 Å². The Morgan fingerprint density at radius 2 is 2.00 bits per heavy atom. The summed E-state index contributed by atoms with van der Waals surface area (Å²) in [6, 6.07) is 14.0. The van der Waals surface area contributed by atoms with Gasteiger partial charge in [0.15, 0.2) is 0 Å². The van der Waals surface area contributed by atoms with Gasteiger partial charge < -0.3 is 10.6 Å². The summed E-state index contributed by atoms with van der Waals surface area (Å²) in [6.07, 6.45) is 1.02. The van der Waals surface area contributed by atoms with Gasteiger partial charge in [-0.2, -0.15) is 5.26 Å². The number of fused-ring (bicyclic) bond motifs is 1. The molecule has 4 heteroatoms. The molecule has 0 radical (unpaired) electrons. The Kier molecular flexibility index (Phi) is 3.37. The van der Waals surface area contributed by atoms with Crippen molar-refractivity contribution in [2.24, 2.45) is 0 Å². The molecule has 2 N–H and O–H groups in total. The zero-order valence-electron chi connectivity index (χ0n) is 10.9. The molecule has 2 aromatic rings. The number of benzene rings is 2. The average Bonchev–Trinajstić information content (AvgIpc) is 2.46. The molecule has 3 nitrogen and oxygen atoms in total. The fourth-order valence-electron chi connectivity index (χ4n) is 2.62. The third-order valence-electron chi connectivity index (χ3n) is 3.66. The number of nitriles is 1. The highest BCUT2D eigenvalue weighted by Gasteiger charge is 2.18. The zero-order valence-corrected chi connectivity index (χ0v) is 12.5. The monoisotopic (exact) mass is 327 g/mol. The maximum atomic E-state index is 8.93. The minimum atomic E-state index is 0.669. The molecule has 0 aliphatic carbocycles. The minimum Gasteiger partial charge on any atom is -0.399 e. The molecule has 1 aliphatic rings. The lowest BCUT2D eigenvalue weighted by Gasteiger charge is -2.31. The molecule has 3 rings (SSSR count). The highest BCUT2D eigenvalue weighted by molar-refractivity contribution is 9.10. The zero-order chi connectivity index (χ0) is 14.1. The van der Waals surface area contributed by atoms with Crippen molar-refractivity contribution in [3.05, 3.63) is 57.6 Å². The van der Waals surface area contributed by atoms with E-state index < -0.39 is 0 Å². The first kappa shape index (κ1) is 13.0. The van der Waals surface area contributed by atoms with Crippen LogP contribution >= 0.6 is 15.9 Å². The van der Waals surface area contributed by atoms with E-state index in [0.717, 1.165) is 35.4 Å². The van der Waals surface area contributed by atoms with E-state index in [-0.39, 0.29) is 0 Å². The van der Waals surface area contributed by atoms with E-state index in [1.807, 2.05) is 24.3 Å². The van der Waals surface area contributed by atoms with Crippen molar-refractivity contribution >= 4 is 27.3 Å². The first-order chi connectivity index (χ1) is 9.67. The van der Waals surface area contributed by atoms with Crippen molar-refractivity contribution in [1.82, 2.24) is 0 Å². The van der Waals surface area contributed by atoms with Gasteiger partial charge in [-0.3, -0.25) is 0 Å². The number of halogens is 1. The van der Waals surface area contributed by atoms with Gasteiger partial charge >= 0.3 is 0 Å². The number of rotatable bonds is 1. The summed E-state index contributed by atoms with van der Waals surface area (Å²) in [5.74, 6) is 0. The van der Waals surface area contributed by atoms with Crippen LogP contribution < -0.4 is 10.6 Å². The van der Waals surface area contributed by atoms with Crippen LogP contribution in [0, 0.1) is 11.3 Å². The summed E-state index contributed by atoms with van der Waals surface area (Å²) >= 11 is 3.56. The molecule has 0 aromatic heterocycles. The molecule has 0 saturated heterocycles. The molecule has 20 heavy (non-hydrogen) atoms. The van der Waals surface area contributed by atoms with Crippen LogP contribution in [-0.4, -0.2) is 6.54 Å². The van der Waals surface area contributed by atoms with Crippen LogP contribution in [0.4, 0.5) is 11.4 Å². The standard InChI is InChI=1S/C16H14BrN3/c17-15-7-11(9-18)1-4-16(15)20-6-5-12-2-3-14(19)8-13(12)10-20/h1-4,7-8H,5-6,10,19H2. The van der Waals surface area contributed by atoms with E-state index in [1.165, 1.54) is 11.1 Å². The van der Waals surface area contributed by atoms with Crippen molar-refractivity contribution in [3.8, 4) is 6.07 Å². The van der Waals surface area contributed by atoms with E-state index in [0.29, 0.717) is 5.56 Å². The predicted molar refractivity (Wildman–Crippen MR) is 84.5 cm³/mol. The third-order valence-corrected chi connectivity index (χ3v) is 4.30. The van der Waals surface area contributed by atoms with E-state index in [9.17, 15) is 0 Å². The molecule has 1 aliphatic heterocycles. The number of nitrogens with two attached hydrogens (primary N) is 1. The van der Waals surface area contributed by atoms with Gasteiger partial charge in [-0.05, 0) is 63.8 Å². The topological polar surface area (TPSA) is 53.0 Å². The largest absolute Gasteiger partial charge is 0.399 e. The lowest BCUT2D eigenvalue weighted by atomic mass is 9.98. The van der Waals surface area contributed by atoms with Crippen molar-refractivity contribution in [2.75, 3.05) is 17.2 Å². The van der Waals surface area contributed by atoms with Crippen LogP contribution in [0.3, 0.4) is 0 Å². The highest BCUT2D eigenvalue weighted by Crippen LogP contribution is 2.31. The molecule has 0 atom stereocenters. The van der Waals surface area contributed by atoms with E-state index in [4.69, 9.17) is 11.0 Å². The Morgan fingerprint density at radius 3 is 2.75 bits per heavy atom. The highest BCUT2D eigenvalue weighted by atomic mass is 79.9. The number of nitrogens with zero attached hydrogens (tertiary/aromatic N) is 2. The second-order valence-electron chi connectivity index (χ2n) is 4.98. The van der Waals surface area contributed by atoms with Gasteiger partial charge in [0.2, 0.25) is 0 Å². The quantitative estimate of drug-likeness (QED) is 0.816. The Labute approximate surface area is 126 Å². The fourth-order valence-corrected chi connectivity index (χ4v) is 3.25. The summed E-state index contributed by atoms with van der Waals surface area (Å²) in [4.78, 5) is 2.31. The fraction of sp³-hybridized carbons (Fsp3) is 0.188. The molecule has 0 fully saturated rings. The average molecular weight is 328 g/mol. The maximum Gasteiger partial charge on any atom is 0.0992 e. The SMILES string of the molecule is N#Cc1ccc(N2CCc3ccc(N)cc3C2)c(Br)c1. The molecule has 0 unspecified atom stereocenters. The second-order valence-corrected chi connectivity index (χ2v) is 5.83. The third kappa shape index (κ3) is 2.37. The number of hydrogen-bond donors (Lipinski definition) is 1. The lowest BCUT2D eigenvalue weighted by molar-refractivity contribution is 0.730. The summed E-state index contributed by atoms with van der Waals surface area (Å²) in [5, 5.41) is 8.93. The van der Waals surface area contributed by atoms with Crippen molar-refractivity contribution in [2.45, 2.75) is 13.0 Å². The van der Waals surface area contributed by atoms with Crippen LogP contribution in [0.1, 0.15) is 16.7 Å². The summed E-state index contributed by atoms with van der Waals surface area (Å²) in [7, 11) is 0. The Hall–Kier alpha value is -1.99. The van der Waals surface area contributed by atoms with Gasteiger partial charge in [-0.15, -0.1) is 0 Å². The van der Waals surface area contributed by atoms with Gasteiger partial charge in [0.1, 0.15) is 0 Å². The van der Waals surface area contributed by atoms with E-state index >= 15 is 0 Å². The molecular formula is C16H14BrN3. The molecule has 0 amide bonds. The lowest BCUT2D eigenvalue weighted by Crippen LogP contribution is -2.30. The van der Waals surface area contributed by atoms with Crippen LogP contribution in [0.2, 0.25) is 0 Å². The first-order valence-electron chi connectivity index (χ1n) is 6.49. The molecule has 100 valence electrons. The predicted octanol–water partition coefficient (Wildman–Crippen LogP) is 3.47. The second kappa shape index (κ2) is 5.18. The summed E-state index contributed by atoms with van der Waals surface area (Å²) in [5.41, 5.74) is 11.1. The van der Waals surface area contributed by atoms with Crippen molar-refractivity contribution in [1.29, 1.82) is 5.26 Å². The normalized spacial score (nSPS) is 13.7. The minimum absolute atomic E-state index is 0.669. The number of anilines is 2. The molecule has 2 aromatic carbocycles. The van der Waals surface area contributed by atoms with Gasteiger partial charge in [0.25, 0.3) is 0 Å². The van der Waals surface area contributed by atoms with Gasteiger partial charge in [0.05, 0.1) is 17.3 Å². The molecular weight excluding hydrogens is 314 g/mol. The molecule has 0 bridgehead atoms. The van der Waals surface area contributed by atoms with E-state index in [2.05, 4.69) is 39.0 Å². The Balaban J connectivity index is 1.92. The van der Waals surface area contributed by atoms with Crippen LogP contribution in [-0.2, 0) is 13.0 Å². The van der Waals surface area contributed by atoms with Gasteiger partial charge in [0, 0.05) is 23.2 Å². The molecule has 0 saturated carbocycles. The smallest absolute Gasteiger partial charge is 0.0992 e. The van der Waals surface area contributed by atoms with Crippen molar-refractivity contribution in [3.63, 3.8) is 0 Å².